The summed E-state index contributed by atoms with van der Waals surface area (Å²) in [4.78, 5) is 27.8. The number of carboxylic acid groups (broad SMARTS) is 1. The Morgan fingerprint density at radius 1 is 1.00 bits per heavy atom. The second-order valence-electron chi connectivity index (χ2n) is 6.02. The average Bonchev–Trinajstić information content (AvgIpc) is 2.71. The number of nitrogens with two attached hydrogens (primary N) is 1. The zero-order valence-corrected chi connectivity index (χ0v) is 15.4. The summed E-state index contributed by atoms with van der Waals surface area (Å²) < 4.78 is 10.6. The van der Waals surface area contributed by atoms with Gasteiger partial charge < -0.3 is 24.7 Å². The molecule has 8 nitrogen and oxygen atoms in total. The summed E-state index contributed by atoms with van der Waals surface area (Å²) in [5.74, 6) is 4.45. The van der Waals surface area contributed by atoms with Crippen molar-refractivity contribution in [2.75, 3.05) is 13.2 Å². The molecule has 2 rings (SSSR count). The molecule has 1 amide bonds. The number of benzene rings is 2. The van der Waals surface area contributed by atoms with Gasteiger partial charge in [0, 0.05) is 12.8 Å². The minimum absolute atomic E-state index is 0.0697. The minimum atomic E-state index is -1.14. The van der Waals surface area contributed by atoms with Gasteiger partial charge in [-0.2, -0.15) is 0 Å². The second kappa shape index (κ2) is 11.6. The zero-order valence-electron chi connectivity index (χ0n) is 15.4. The van der Waals surface area contributed by atoms with Gasteiger partial charge in [-0.15, -0.1) is 0 Å². The Labute approximate surface area is 163 Å². The van der Waals surface area contributed by atoms with E-state index in [0.717, 1.165) is 11.1 Å². The predicted octanol–water partition coefficient (Wildman–Crippen LogP) is 2.27. The van der Waals surface area contributed by atoms with E-state index in [1.807, 2.05) is 30.3 Å². The Bertz CT molecular complexity index is 736. The lowest BCUT2D eigenvalue weighted by Crippen LogP contribution is -2.42. The molecule has 2 aromatic rings. The molecule has 0 fully saturated rings. The number of carbonyl (C=O) groups excluding carboxylic acids is 1. The van der Waals surface area contributed by atoms with E-state index in [2.05, 4.69) is 10.2 Å². The molecule has 0 unspecified atom stereocenters. The van der Waals surface area contributed by atoms with E-state index in [4.69, 9.17) is 15.4 Å². The number of hydrogen-bond acceptors (Lipinski definition) is 6. The first-order chi connectivity index (χ1) is 13.6. The van der Waals surface area contributed by atoms with Crippen LogP contribution in [0.25, 0.3) is 0 Å². The van der Waals surface area contributed by atoms with E-state index in [0.29, 0.717) is 25.4 Å². The monoisotopic (exact) mass is 388 g/mol. The Hall–Kier alpha value is -3.10. The molecule has 28 heavy (non-hydrogen) atoms. The van der Waals surface area contributed by atoms with Gasteiger partial charge in [0.25, 0.3) is 0 Å². The molecular weight excluding hydrogens is 364 g/mol. The Kier molecular flexibility index (Phi) is 8.77. The Balaban J connectivity index is 1.82. The molecule has 4 N–H and O–H groups in total. The summed E-state index contributed by atoms with van der Waals surface area (Å²) in [7, 11) is 0. The fourth-order valence-corrected chi connectivity index (χ4v) is 2.40. The molecule has 0 heterocycles. The minimum Gasteiger partial charge on any atom is -0.494 e. The number of amides is 1. The third kappa shape index (κ3) is 7.65. The number of rotatable bonds is 11. The topological polar surface area (TPSA) is 120 Å². The molecule has 0 aliphatic heterocycles. The molecule has 0 aromatic heterocycles. The molecule has 0 spiro atoms. The van der Waals surface area contributed by atoms with Gasteiger partial charge in [-0.3, -0.25) is 0 Å². The van der Waals surface area contributed by atoms with Gasteiger partial charge in [0.05, 0.1) is 13.2 Å². The molecule has 0 saturated heterocycles. The first kappa shape index (κ1) is 21.2. The van der Waals surface area contributed by atoms with Crippen molar-refractivity contribution >= 4 is 12.1 Å². The van der Waals surface area contributed by atoms with E-state index < -0.39 is 18.1 Å². The van der Waals surface area contributed by atoms with Gasteiger partial charge in [-0.1, -0.05) is 42.5 Å². The highest BCUT2D eigenvalue weighted by molar-refractivity contribution is 5.80. The van der Waals surface area contributed by atoms with Crippen LogP contribution in [0.3, 0.4) is 0 Å². The van der Waals surface area contributed by atoms with Crippen LogP contribution in [0.4, 0.5) is 4.79 Å². The first-order valence-corrected chi connectivity index (χ1v) is 8.82. The lowest BCUT2D eigenvalue weighted by Gasteiger charge is -2.15. The number of ether oxygens (including phenoxy) is 2. The molecule has 150 valence electrons. The molecular formula is C20H24N2O6. The lowest BCUT2D eigenvalue weighted by atomic mass is 10.1. The van der Waals surface area contributed by atoms with Gasteiger partial charge >= 0.3 is 12.1 Å². The van der Waals surface area contributed by atoms with Gasteiger partial charge in [0.2, 0.25) is 0 Å². The highest BCUT2D eigenvalue weighted by Gasteiger charge is 2.21. The van der Waals surface area contributed by atoms with E-state index in [1.165, 1.54) is 0 Å². The van der Waals surface area contributed by atoms with E-state index in [9.17, 15) is 14.7 Å². The predicted molar refractivity (Wildman–Crippen MR) is 102 cm³/mol. The zero-order chi connectivity index (χ0) is 20.2. The van der Waals surface area contributed by atoms with Gasteiger partial charge in [-0.25, -0.2) is 15.5 Å². The van der Waals surface area contributed by atoms with Crippen LogP contribution in [0.5, 0.6) is 5.75 Å². The van der Waals surface area contributed by atoms with E-state index in [1.54, 1.807) is 24.3 Å². The first-order valence-electron chi connectivity index (χ1n) is 8.82. The standard InChI is InChI=1S/C20H24N2O6/c21-28-12-4-11-26-17-9-7-15(8-10-17)13-18(19(23)24)22-20(25)27-14-16-5-2-1-3-6-16/h1-3,5-10,18H,4,11-14,21H2,(H,22,25)(H,23,24)/t18-/m0/s1. The van der Waals surface area contributed by atoms with Gasteiger partial charge in [-0.05, 0) is 23.3 Å². The second-order valence-corrected chi connectivity index (χ2v) is 6.02. The molecule has 0 saturated carbocycles. The molecule has 1 atom stereocenters. The number of carbonyl (C=O) groups is 2. The third-order valence-electron chi connectivity index (χ3n) is 3.84. The Morgan fingerprint density at radius 3 is 2.36 bits per heavy atom. The van der Waals surface area contributed by atoms with Crippen molar-refractivity contribution in [3.63, 3.8) is 0 Å². The lowest BCUT2D eigenvalue weighted by molar-refractivity contribution is -0.139. The molecule has 0 bridgehead atoms. The maximum Gasteiger partial charge on any atom is 0.408 e. The van der Waals surface area contributed by atoms with Crippen molar-refractivity contribution in [3.05, 3.63) is 65.7 Å². The van der Waals surface area contributed by atoms with Crippen LogP contribution in [0, 0.1) is 0 Å². The van der Waals surface area contributed by atoms with Crippen LogP contribution in [0.1, 0.15) is 17.5 Å². The summed E-state index contributed by atoms with van der Waals surface area (Å²) >= 11 is 0. The summed E-state index contributed by atoms with van der Waals surface area (Å²) in [5.41, 5.74) is 1.56. The summed E-state index contributed by atoms with van der Waals surface area (Å²) in [6.07, 6.45) is 0.00383. The molecule has 0 aliphatic carbocycles. The maximum absolute atomic E-state index is 11.9. The maximum atomic E-state index is 11.9. The molecule has 0 aliphatic rings. The van der Waals surface area contributed by atoms with Crippen molar-refractivity contribution in [2.45, 2.75) is 25.5 Å². The number of aliphatic carboxylic acids is 1. The summed E-state index contributed by atoms with van der Waals surface area (Å²) in [6, 6.07) is 15.0. The van der Waals surface area contributed by atoms with Crippen LogP contribution in [0.15, 0.2) is 54.6 Å². The highest BCUT2D eigenvalue weighted by atomic mass is 16.6. The molecule has 2 aromatic carbocycles. The fraction of sp³-hybridized carbons (Fsp3) is 0.300. The normalized spacial score (nSPS) is 11.5. The molecule has 0 radical (unpaired) electrons. The van der Waals surface area contributed by atoms with Crippen LogP contribution < -0.4 is 16.0 Å². The van der Waals surface area contributed by atoms with Crippen molar-refractivity contribution in [3.8, 4) is 5.75 Å². The summed E-state index contributed by atoms with van der Waals surface area (Å²) in [5, 5.41) is 11.8. The number of carboxylic acids is 1. The Morgan fingerprint density at radius 2 is 1.71 bits per heavy atom. The van der Waals surface area contributed by atoms with E-state index >= 15 is 0 Å². The van der Waals surface area contributed by atoms with Crippen LogP contribution in [-0.4, -0.2) is 36.4 Å². The summed E-state index contributed by atoms with van der Waals surface area (Å²) in [6.45, 7) is 0.938. The number of nitrogens with one attached hydrogen (secondary N) is 1. The SMILES string of the molecule is NOCCCOc1ccc(C[C@H](NC(=O)OCc2ccccc2)C(=O)O)cc1. The van der Waals surface area contributed by atoms with Crippen molar-refractivity contribution in [1.29, 1.82) is 0 Å². The average molecular weight is 388 g/mol. The fourth-order valence-electron chi connectivity index (χ4n) is 2.40. The van der Waals surface area contributed by atoms with Crippen LogP contribution >= 0.6 is 0 Å². The van der Waals surface area contributed by atoms with Crippen LogP contribution in [0.2, 0.25) is 0 Å². The number of hydrogen-bond donors (Lipinski definition) is 3. The largest absolute Gasteiger partial charge is 0.494 e. The van der Waals surface area contributed by atoms with Crippen molar-refractivity contribution in [2.24, 2.45) is 5.90 Å². The van der Waals surface area contributed by atoms with E-state index in [-0.39, 0.29) is 13.0 Å². The third-order valence-corrected chi connectivity index (χ3v) is 3.84. The van der Waals surface area contributed by atoms with Crippen molar-refractivity contribution in [1.82, 2.24) is 5.32 Å². The number of alkyl carbamates (subject to hydrolysis) is 1. The quantitative estimate of drug-likeness (QED) is 0.399. The van der Waals surface area contributed by atoms with Crippen molar-refractivity contribution < 1.29 is 29.0 Å². The van der Waals surface area contributed by atoms with Gasteiger partial charge in [0.1, 0.15) is 18.4 Å². The van der Waals surface area contributed by atoms with Gasteiger partial charge in [0.15, 0.2) is 0 Å². The van der Waals surface area contributed by atoms with Crippen LogP contribution in [-0.2, 0) is 27.4 Å². The smallest absolute Gasteiger partial charge is 0.408 e. The highest BCUT2D eigenvalue weighted by Crippen LogP contribution is 2.14. The molecule has 8 heteroatoms.